The van der Waals surface area contributed by atoms with E-state index in [2.05, 4.69) is 4.98 Å². The molecular formula is C21H23Cl2F3N2O4S. The number of hydrogen-bond donors (Lipinski definition) is 1. The number of halogens is 5. The largest absolute Gasteiger partial charge is 0.461 e. The average Bonchev–Trinajstić information content (AvgIpc) is 3.20. The lowest BCUT2D eigenvalue weighted by atomic mass is 9.89. The van der Waals surface area contributed by atoms with Gasteiger partial charge in [-0.3, -0.25) is 4.79 Å². The third-order valence-corrected chi connectivity index (χ3v) is 7.03. The number of carbonyl (C=O) groups excluding carboxylic acids is 2. The summed E-state index contributed by atoms with van der Waals surface area (Å²) in [4.78, 5) is 31.1. The summed E-state index contributed by atoms with van der Waals surface area (Å²) in [6.45, 7) is 7.12. The molecular weight excluding hydrogens is 504 g/mol. The van der Waals surface area contributed by atoms with Crippen molar-refractivity contribution in [3.05, 3.63) is 38.4 Å². The van der Waals surface area contributed by atoms with Crippen LogP contribution in [-0.2, 0) is 10.3 Å². The van der Waals surface area contributed by atoms with Gasteiger partial charge in [0, 0.05) is 24.2 Å². The molecule has 182 valence electrons. The minimum atomic E-state index is -5.00. The Morgan fingerprint density at radius 3 is 2.21 bits per heavy atom. The Kier molecular flexibility index (Phi) is 8.78. The van der Waals surface area contributed by atoms with Crippen molar-refractivity contribution in [2.75, 3.05) is 19.7 Å². The van der Waals surface area contributed by atoms with E-state index in [4.69, 9.17) is 27.9 Å². The molecule has 0 aliphatic rings. The minimum Gasteiger partial charge on any atom is -0.461 e. The standard InChI is InChI=1S/C21H23Cl2F3N2O4S/c1-5-20(31,21(24,25)26)12-10-9-11(13(22)14(12)23)16-15(18(29)28(6-2)7-3)27-17(33-16)19(30)32-8-4/h9-10,31H,5-8H2,1-4H3. The van der Waals surface area contributed by atoms with Crippen molar-refractivity contribution in [1.29, 1.82) is 0 Å². The summed E-state index contributed by atoms with van der Waals surface area (Å²) < 4.78 is 45.7. The molecule has 0 saturated carbocycles. The van der Waals surface area contributed by atoms with Crippen LogP contribution in [0, 0.1) is 0 Å². The molecule has 0 fully saturated rings. The van der Waals surface area contributed by atoms with Crippen LogP contribution >= 0.6 is 34.5 Å². The van der Waals surface area contributed by atoms with E-state index >= 15 is 0 Å². The van der Waals surface area contributed by atoms with Crippen LogP contribution in [0.5, 0.6) is 0 Å². The number of rotatable bonds is 8. The third kappa shape index (κ3) is 5.13. The molecule has 2 rings (SSSR count). The second kappa shape index (κ2) is 10.6. The van der Waals surface area contributed by atoms with Crippen molar-refractivity contribution < 1.29 is 32.6 Å². The van der Waals surface area contributed by atoms with Crippen LogP contribution in [0.4, 0.5) is 13.2 Å². The zero-order chi connectivity index (χ0) is 25.1. The van der Waals surface area contributed by atoms with Crippen LogP contribution in [-0.4, -0.2) is 52.7 Å². The number of nitrogens with zero attached hydrogens (tertiary/aromatic N) is 2. The van der Waals surface area contributed by atoms with Gasteiger partial charge in [-0.1, -0.05) is 42.3 Å². The van der Waals surface area contributed by atoms with Gasteiger partial charge in [0.2, 0.25) is 5.01 Å². The van der Waals surface area contributed by atoms with E-state index in [9.17, 15) is 27.9 Å². The van der Waals surface area contributed by atoms with E-state index in [-0.39, 0.29) is 32.8 Å². The number of esters is 1. The number of aromatic nitrogens is 1. The Morgan fingerprint density at radius 1 is 1.12 bits per heavy atom. The van der Waals surface area contributed by atoms with Crippen LogP contribution in [0.3, 0.4) is 0 Å². The van der Waals surface area contributed by atoms with Crippen molar-refractivity contribution in [3.63, 3.8) is 0 Å². The van der Waals surface area contributed by atoms with E-state index in [0.717, 1.165) is 17.4 Å². The summed E-state index contributed by atoms with van der Waals surface area (Å²) in [5, 5.41) is 9.38. The fourth-order valence-corrected chi connectivity index (χ4v) is 4.79. The molecule has 0 bridgehead atoms. The molecule has 12 heteroatoms. The van der Waals surface area contributed by atoms with Crippen LogP contribution in [0.25, 0.3) is 10.4 Å². The smallest absolute Gasteiger partial charge is 0.421 e. The van der Waals surface area contributed by atoms with Crippen LogP contribution < -0.4 is 0 Å². The zero-order valence-corrected chi connectivity index (χ0v) is 20.7. The molecule has 0 aliphatic heterocycles. The first-order valence-corrected chi connectivity index (χ1v) is 11.7. The maximum atomic E-state index is 13.6. The first-order chi connectivity index (χ1) is 15.4. The molecule has 0 spiro atoms. The fraction of sp³-hybridized carbons (Fsp3) is 0.476. The molecule has 1 aromatic carbocycles. The van der Waals surface area contributed by atoms with Crippen molar-refractivity contribution in [1.82, 2.24) is 9.88 Å². The first-order valence-electron chi connectivity index (χ1n) is 10.1. The zero-order valence-electron chi connectivity index (χ0n) is 18.3. The molecule has 1 unspecified atom stereocenters. The number of amides is 1. The number of carbonyl (C=O) groups is 2. The minimum absolute atomic E-state index is 0.0847. The summed E-state index contributed by atoms with van der Waals surface area (Å²) in [5.74, 6) is -1.24. The number of ether oxygens (including phenoxy) is 1. The average molecular weight is 527 g/mol. The normalized spacial score (nSPS) is 13.5. The number of alkyl halides is 3. The maximum Gasteiger partial charge on any atom is 0.421 e. The van der Waals surface area contributed by atoms with Gasteiger partial charge in [0.15, 0.2) is 5.60 Å². The molecule has 1 aromatic heterocycles. The highest BCUT2D eigenvalue weighted by atomic mass is 35.5. The summed E-state index contributed by atoms with van der Waals surface area (Å²) in [6.07, 6.45) is -5.69. The third-order valence-electron chi connectivity index (χ3n) is 5.08. The van der Waals surface area contributed by atoms with Gasteiger partial charge >= 0.3 is 12.1 Å². The Bertz CT molecular complexity index is 1040. The highest BCUT2D eigenvalue weighted by Crippen LogP contribution is 2.48. The first kappa shape index (κ1) is 27.4. The monoisotopic (exact) mass is 526 g/mol. The van der Waals surface area contributed by atoms with Gasteiger partial charge in [0.25, 0.3) is 5.91 Å². The van der Waals surface area contributed by atoms with E-state index in [1.165, 1.54) is 17.9 Å². The SMILES string of the molecule is CCOC(=O)c1nc(C(=O)N(CC)CC)c(-c2ccc(C(O)(CC)C(F)(F)F)c(Cl)c2Cl)s1. The summed E-state index contributed by atoms with van der Waals surface area (Å²) in [6, 6.07) is 2.23. The molecule has 1 N–H and O–H groups in total. The molecule has 1 amide bonds. The highest BCUT2D eigenvalue weighted by molar-refractivity contribution is 7.17. The topological polar surface area (TPSA) is 79.7 Å². The van der Waals surface area contributed by atoms with E-state index in [1.54, 1.807) is 20.8 Å². The predicted octanol–water partition coefficient (Wildman–Crippen LogP) is 5.94. The Balaban J connectivity index is 2.74. The van der Waals surface area contributed by atoms with Crippen LogP contribution in [0.1, 0.15) is 60.0 Å². The van der Waals surface area contributed by atoms with E-state index in [1.807, 2.05) is 0 Å². The predicted molar refractivity (Wildman–Crippen MR) is 121 cm³/mol. The number of thiazole rings is 1. The van der Waals surface area contributed by atoms with Crippen molar-refractivity contribution in [2.24, 2.45) is 0 Å². The van der Waals surface area contributed by atoms with E-state index < -0.39 is 40.7 Å². The maximum absolute atomic E-state index is 13.6. The molecule has 2 aromatic rings. The fourth-order valence-electron chi connectivity index (χ4n) is 3.18. The molecule has 33 heavy (non-hydrogen) atoms. The molecule has 6 nitrogen and oxygen atoms in total. The van der Waals surface area contributed by atoms with Gasteiger partial charge in [0.1, 0.15) is 5.69 Å². The number of benzene rings is 1. The van der Waals surface area contributed by atoms with E-state index in [0.29, 0.717) is 13.1 Å². The second-order valence-electron chi connectivity index (χ2n) is 6.89. The van der Waals surface area contributed by atoms with Gasteiger partial charge < -0.3 is 14.7 Å². The van der Waals surface area contributed by atoms with Gasteiger partial charge in [-0.2, -0.15) is 13.2 Å². The van der Waals surface area contributed by atoms with Crippen molar-refractivity contribution in [2.45, 2.75) is 45.9 Å². The molecule has 1 atom stereocenters. The number of aliphatic hydroxyl groups is 1. The molecule has 1 heterocycles. The molecule has 0 radical (unpaired) electrons. The Hall–Kier alpha value is -1.88. The second-order valence-corrected chi connectivity index (χ2v) is 8.65. The van der Waals surface area contributed by atoms with Gasteiger partial charge in [-0.25, -0.2) is 9.78 Å². The van der Waals surface area contributed by atoms with Crippen molar-refractivity contribution >= 4 is 46.4 Å². The molecule has 0 aliphatic carbocycles. The Labute approximate surface area is 203 Å². The quantitative estimate of drug-likeness (QED) is 0.431. The lowest BCUT2D eigenvalue weighted by Crippen LogP contribution is -2.42. The van der Waals surface area contributed by atoms with Gasteiger partial charge in [-0.05, 0) is 27.2 Å². The summed E-state index contributed by atoms with van der Waals surface area (Å²) in [7, 11) is 0. The van der Waals surface area contributed by atoms with Crippen molar-refractivity contribution in [3.8, 4) is 10.4 Å². The summed E-state index contributed by atoms with van der Waals surface area (Å²) in [5.41, 5.74) is -3.82. The number of hydrogen-bond acceptors (Lipinski definition) is 6. The Morgan fingerprint density at radius 2 is 1.73 bits per heavy atom. The highest BCUT2D eigenvalue weighted by Gasteiger charge is 2.54. The lowest BCUT2D eigenvalue weighted by Gasteiger charge is -2.31. The lowest BCUT2D eigenvalue weighted by molar-refractivity contribution is -0.267. The van der Waals surface area contributed by atoms with Crippen LogP contribution in [0.15, 0.2) is 12.1 Å². The summed E-state index contributed by atoms with van der Waals surface area (Å²) >= 11 is 13.4. The van der Waals surface area contributed by atoms with Gasteiger partial charge in [0.05, 0.1) is 21.5 Å². The van der Waals surface area contributed by atoms with Gasteiger partial charge in [-0.15, -0.1) is 11.3 Å². The van der Waals surface area contributed by atoms with Crippen LogP contribution in [0.2, 0.25) is 10.0 Å². The molecule has 0 saturated heterocycles.